The van der Waals surface area contributed by atoms with Crippen LogP contribution in [0.4, 0.5) is 0 Å². The fourth-order valence-electron chi connectivity index (χ4n) is 7.30. The van der Waals surface area contributed by atoms with E-state index in [-0.39, 0.29) is 71.9 Å². The molecule has 0 aromatic carbocycles. The average Bonchev–Trinajstić information content (AvgIpc) is 3.59. The Hall–Kier alpha value is -3.30. The highest BCUT2D eigenvalue weighted by molar-refractivity contribution is 6.38. The number of hydrogen-bond acceptors (Lipinski definition) is 8. The second-order valence-electron chi connectivity index (χ2n) is 13.8. The van der Waals surface area contributed by atoms with E-state index in [1.165, 1.54) is 18.6 Å². The molecule has 2 heterocycles. The molecule has 246 valence electrons. The van der Waals surface area contributed by atoms with Crippen LogP contribution in [0, 0.1) is 35.5 Å². The van der Waals surface area contributed by atoms with Crippen molar-refractivity contribution < 1.29 is 28.8 Å². The molecule has 0 bridgehead atoms. The van der Waals surface area contributed by atoms with Gasteiger partial charge in [0.05, 0.1) is 12.2 Å². The van der Waals surface area contributed by atoms with E-state index in [4.69, 9.17) is 0 Å². The van der Waals surface area contributed by atoms with E-state index in [9.17, 15) is 28.8 Å². The van der Waals surface area contributed by atoms with Gasteiger partial charge >= 0.3 is 0 Å². The van der Waals surface area contributed by atoms with E-state index < -0.39 is 29.7 Å². The topological polar surface area (TPSA) is 143 Å². The second kappa shape index (κ2) is 15.8. The molecule has 2 saturated carbocycles. The monoisotopic (exact) mass is 622 g/mol. The standard InChI is InChI=1S/C35H50N4O6/c1-5-8-23(33(43)30(42)16-22-12-13-22)17-29(41)32-26-11-7-10-25(26)20-39(32)35(45)31(21(3)4)38-34(44)24(9-6-2)18-28(40)27-19-36-14-15-37-27/h14-15,19,21-26,31-32H,5-13,16-18,20H2,1-4H3,(H,38,44)/t23-,24-,25+,26+,31+,32+/m1/s1. The maximum absolute atomic E-state index is 14.2. The Bertz CT molecular complexity index is 1250. The first-order chi connectivity index (χ1) is 21.5. The molecule has 1 aliphatic heterocycles. The third-order valence-corrected chi connectivity index (χ3v) is 9.92. The van der Waals surface area contributed by atoms with Gasteiger partial charge in [-0.2, -0.15) is 0 Å². The summed E-state index contributed by atoms with van der Waals surface area (Å²) in [5, 5.41) is 2.95. The zero-order valence-electron chi connectivity index (χ0n) is 27.3. The predicted molar refractivity (Wildman–Crippen MR) is 168 cm³/mol. The number of fused-ring (bicyclic) bond motifs is 1. The van der Waals surface area contributed by atoms with Crippen molar-refractivity contribution in [2.75, 3.05) is 6.54 Å². The Morgan fingerprint density at radius 1 is 0.933 bits per heavy atom. The van der Waals surface area contributed by atoms with Gasteiger partial charge in [0, 0.05) is 50.0 Å². The Morgan fingerprint density at radius 2 is 1.64 bits per heavy atom. The first-order valence-corrected chi connectivity index (χ1v) is 17.0. The van der Waals surface area contributed by atoms with Crippen molar-refractivity contribution in [1.29, 1.82) is 0 Å². The highest BCUT2D eigenvalue weighted by atomic mass is 16.2. The fraction of sp³-hybridized carbons (Fsp3) is 0.714. The Kier molecular flexibility index (Phi) is 12.1. The van der Waals surface area contributed by atoms with Gasteiger partial charge in [0.25, 0.3) is 0 Å². The molecule has 1 aromatic heterocycles. The van der Waals surface area contributed by atoms with Crippen LogP contribution in [-0.2, 0) is 24.0 Å². The van der Waals surface area contributed by atoms with Gasteiger partial charge in [-0.15, -0.1) is 0 Å². The first kappa shape index (κ1) is 34.6. The lowest BCUT2D eigenvalue weighted by molar-refractivity contribution is -0.144. The average molecular weight is 623 g/mol. The molecule has 3 aliphatic rings. The summed E-state index contributed by atoms with van der Waals surface area (Å²) in [6.07, 6.45) is 11.5. The number of amides is 2. The summed E-state index contributed by atoms with van der Waals surface area (Å²) in [5.74, 6) is -2.97. The lowest BCUT2D eigenvalue weighted by Gasteiger charge is -2.33. The number of nitrogens with zero attached hydrogens (tertiary/aromatic N) is 3. The molecule has 3 fully saturated rings. The first-order valence-electron chi connectivity index (χ1n) is 17.0. The quantitative estimate of drug-likeness (QED) is 0.186. The minimum Gasteiger partial charge on any atom is -0.344 e. The maximum atomic E-state index is 14.2. The van der Waals surface area contributed by atoms with Gasteiger partial charge < -0.3 is 10.2 Å². The van der Waals surface area contributed by atoms with Crippen LogP contribution in [0.2, 0.25) is 0 Å². The smallest absolute Gasteiger partial charge is 0.246 e. The lowest BCUT2D eigenvalue weighted by atomic mass is 9.84. The molecular weight excluding hydrogens is 572 g/mol. The van der Waals surface area contributed by atoms with E-state index in [2.05, 4.69) is 15.3 Å². The van der Waals surface area contributed by atoms with E-state index in [0.717, 1.165) is 32.1 Å². The number of carbonyl (C=O) groups excluding carboxylic acids is 6. The van der Waals surface area contributed by atoms with Crippen molar-refractivity contribution in [1.82, 2.24) is 20.2 Å². The fourth-order valence-corrected chi connectivity index (χ4v) is 7.30. The summed E-state index contributed by atoms with van der Waals surface area (Å²) in [5.41, 5.74) is 0.196. The summed E-state index contributed by atoms with van der Waals surface area (Å²) in [6, 6.07) is -1.54. The van der Waals surface area contributed by atoms with E-state index in [1.807, 2.05) is 27.7 Å². The molecule has 6 atom stereocenters. The van der Waals surface area contributed by atoms with Gasteiger partial charge in [-0.05, 0) is 62.2 Å². The predicted octanol–water partition coefficient (Wildman–Crippen LogP) is 4.55. The van der Waals surface area contributed by atoms with Crippen LogP contribution in [0.1, 0.15) is 115 Å². The van der Waals surface area contributed by atoms with Gasteiger partial charge in [0.15, 0.2) is 17.3 Å². The molecule has 2 aliphatic carbocycles. The summed E-state index contributed by atoms with van der Waals surface area (Å²) >= 11 is 0. The molecule has 0 spiro atoms. The van der Waals surface area contributed by atoms with Crippen LogP contribution < -0.4 is 5.32 Å². The SMILES string of the molecule is CCC[C@H](CC(=O)c1cnccn1)C(=O)N[C@H](C(=O)N1C[C@@H]2CCC[C@@H]2[C@H]1C(=O)C[C@@H](CCC)C(=O)C(=O)CC1CC1)C(C)C. The van der Waals surface area contributed by atoms with Crippen LogP contribution >= 0.6 is 0 Å². The van der Waals surface area contributed by atoms with Crippen molar-refractivity contribution in [3.05, 3.63) is 24.3 Å². The van der Waals surface area contributed by atoms with Gasteiger partial charge in [-0.1, -0.05) is 47.0 Å². The van der Waals surface area contributed by atoms with Crippen LogP contribution in [0.5, 0.6) is 0 Å². The molecule has 45 heavy (non-hydrogen) atoms. The van der Waals surface area contributed by atoms with Crippen LogP contribution in [-0.4, -0.2) is 68.4 Å². The normalized spacial score (nSPS) is 22.9. The maximum Gasteiger partial charge on any atom is 0.246 e. The van der Waals surface area contributed by atoms with Crippen LogP contribution in [0.3, 0.4) is 0 Å². The second-order valence-corrected chi connectivity index (χ2v) is 13.8. The van der Waals surface area contributed by atoms with Gasteiger partial charge in [0.2, 0.25) is 17.6 Å². The van der Waals surface area contributed by atoms with Crippen molar-refractivity contribution in [3.63, 3.8) is 0 Å². The number of ketones is 4. The number of aromatic nitrogens is 2. The molecule has 1 saturated heterocycles. The Labute approximate surface area is 266 Å². The lowest BCUT2D eigenvalue weighted by Crippen LogP contribution is -2.55. The molecule has 1 N–H and O–H groups in total. The molecule has 4 rings (SSSR count). The molecule has 1 aromatic rings. The Morgan fingerprint density at radius 3 is 2.27 bits per heavy atom. The molecule has 10 heteroatoms. The number of rotatable bonds is 18. The zero-order chi connectivity index (χ0) is 32.7. The van der Waals surface area contributed by atoms with Crippen molar-refractivity contribution >= 4 is 34.9 Å². The molecule has 0 radical (unpaired) electrons. The highest BCUT2D eigenvalue weighted by Crippen LogP contribution is 2.44. The van der Waals surface area contributed by atoms with Gasteiger partial charge in [-0.3, -0.25) is 33.8 Å². The van der Waals surface area contributed by atoms with Crippen LogP contribution in [0.15, 0.2) is 18.6 Å². The number of carbonyl (C=O) groups is 6. The summed E-state index contributed by atoms with van der Waals surface area (Å²) < 4.78 is 0. The molecule has 0 unspecified atom stereocenters. The minimum atomic E-state index is -0.870. The highest BCUT2D eigenvalue weighted by Gasteiger charge is 2.51. The van der Waals surface area contributed by atoms with E-state index >= 15 is 0 Å². The van der Waals surface area contributed by atoms with Crippen LogP contribution in [0.25, 0.3) is 0 Å². The molecular formula is C35H50N4O6. The zero-order valence-corrected chi connectivity index (χ0v) is 27.3. The summed E-state index contributed by atoms with van der Waals surface area (Å²) in [7, 11) is 0. The molecule has 10 nitrogen and oxygen atoms in total. The van der Waals surface area contributed by atoms with Gasteiger partial charge in [0.1, 0.15) is 11.7 Å². The van der Waals surface area contributed by atoms with E-state index in [0.29, 0.717) is 38.1 Å². The number of nitrogens with one attached hydrogen (secondary N) is 1. The largest absolute Gasteiger partial charge is 0.344 e. The van der Waals surface area contributed by atoms with E-state index in [1.54, 1.807) is 4.90 Å². The third kappa shape index (κ3) is 8.70. The third-order valence-electron chi connectivity index (χ3n) is 9.92. The van der Waals surface area contributed by atoms with Crippen molar-refractivity contribution in [2.45, 2.75) is 117 Å². The Balaban J connectivity index is 1.49. The van der Waals surface area contributed by atoms with Gasteiger partial charge in [-0.25, -0.2) is 4.98 Å². The van der Waals surface area contributed by atoms with Crippen molar-refractivity contribution in [2.24, 2.45) is 35.5 Å². The molecule has 2 amide bonds. The van der Waals surface area contributed by atoms with Crippen molar-refractivity contribution in [3.8, 4) is 0 Å². The summed E-state index contributed by atoms with van der Waals surface area (Å²) in [6.45, 7) is 8.04. The summed E-state index contributed by atoms with van der Waals surface area (Å²) in [4.78, 5) is 90.2. The minimum absolute atomic E-state index is 0.0157. The number of hydrogen-bond donors (Lipinski definition) is 1. The number of Topliss-reactive ketones (excluding diaryl/α,β-unsaturated/α-hetero) is 4. The number of likely N-dealkylation sites (tertiary alicyclic amines) is 1.